The molecule has 0 radical (unpaired) electrons. The lowest BCUT2D eigenvalue weighted by Crippen LogP contribution is -2.42. The minimum Gasteiger partial charge on any atom is -0.466 e. The summed E-state index contributed by atoms with van der Waals surface area (Å²) >= 11 is 0. The van der Waals surface area contributed by atoms with Crippen molar-refractivity contribution >= 4 is 23.9 Å². The molecule has 0 spiro atoms. The second-order valence-electron chi connectivity index (χ2n) is 8.63. The van der Waals surface area contributed by atoms with Crippen molar-refractivity contribution in [3.8, 4) is 0 Å². The number of carbonyl (C=O) groups is 4. The summed E-state index contributed by atoms with van der Waals surface area (Å²) in [6, 6.07) is 0. The van der Waals surface area contributed by atoms with E-state index in [1.54, 1.807) is 0 Å². The van der Waals surface area contributed by atoms with Crippen LogP contribution in [0.15, 0.2) is 24.3 Å². The average molecular weight is 457 g/mol. The monoisotopic (exact) mass is 456 g/mol. The van der Waals surface area contributed by atoms with E-state index in [4.69, 9.17) is 14.2 Å². The van der Waals surface area contributed by atoms with Crippen molar-refractivity contribution in [2.75, 3.05) is 41.2 Å². The minimum absolute atomic E-state index is 0.0478. The summed E-state index contributed by atoms with van der Waals surface area (Å²) in [5.41, 5.74) is -3.60. The molecule has 9 nitrogen and oxygen atoms in total. The quantitative estimate of drug-likeness (QED) is 0.234. The van der Waals surface area contributed by atoms with Gasteiger partial charge in [-0.25, -0.2) is 9.59 Å². The van der Waals surface area contributed by atoms with Gasteiger partial charge in [-0.15, -0.1) is 0 Å². The fraction of sp³-hybridized carbons (Fsp3) is 0.652. The molecule has 0 fully saturated rings. The zero-order chi connectivity index (χ0) is 25.3. The summed E-state index contributed by atoms with van der Waals surface area (Å²) in [7, 11) is 3.86. The second-order valence-corrected chi connectivity index (χ2v) is 8.63. The molecular weight excluding hydrogens is 420 g/mol. The molecule has 0 aromatic carbocycles. The van der Waals surface area contributed by atoms with Crippen LogP contribution in [0, 0.1) is 16.2 Å². The summed E-state index contributed by atoms with van der Waals surface area (Å²) in [6.07, 6.45) is 0.443. The smallest absolute Gasteiger partial charge is 0.334 e. The lowest BCUT2D eigenvalue weighted by Gasteiger charge is -2.34. The molecule has 0 rings (SSSR count). The van der Waals surface area contributed by atoms with Gasteiger partial charge in [0, 0.05) is 18.3 Å². The number of esters is 4. The number of carbonyl (C=O) groups excluding carboxylic acids is 4. The SMILES string of the molecule is C=C(C(=O)OC)C(C)(C)C(=O)OCC(CC)(COC)COC(=O)C(C)(C)C(=C)C(=O)OC. The van der Waals surface area contributed by atoms with Crippen molar-refractivity contribution in [2.24, 2.45) is 16.2 Å². The molecule has 9 heteroatoms. The van der Waals surface area contributed by atoms with Gasteiger partial charge in [0.05, 0.1) is 37.1 Å². The van der Waals surface area contributed by atoms with E-state index in [1.165, 1.54) is 49.0 Å². The Balaban J connectivity index is 5.44. The minimum atomic E-state index is -1.32. The number of hydrogen-bond acceptors (Lipinski definition) is 9. The van der Waals surface area contributed by atoms with Crippen molar-refractivity contribution in [3.05, 3.63) is 24.3 Å². The van der Waals surface area contributed by atoms with Crippen LogP contribution < -0.4 is 0 Å². The molecule has 0 saturated carbocycles. The Kier molecular flexibility index (Phi) is 10.8. The number of hydrogen-bond donors (Lipinski definition) is 0. The van der Waals surface area contributed by atoms with Crippen molar-refractivity contribution in [1.82, 2.24) is 0 Å². The predicted molar refractivity (Wildman–Crippen MR) is 116 cm³/mol. The predicted octanol–water partition coefficient (Wildman–Crippen LogP) is 2.63. The van der Waals surface area contributed by atoms with Crippen LogP contribution in [0.5, 0.6) is 0 Å². The largest absolute Gasteiger partial charge is 0.466 e. The van der Waals surface area contributed by atoms with Gasteiger partial charge in [-0.05, 0) is 34.1 Å². The Labute approximate surface area is 190 Å². The van der Waals surface area contributed by atoms with E-state index < -0.39 is 40.1 Å². The molecule has 0 aromatic rings. The molecule has 0 aliphatic carbocycles. The van der Waals surface area contributed by atoms with Gasteiger partial charge < -0.3 is 23.7 Å². The Bertz CT molecular complexity index is 691. The van der Waals surface area contributed by atoms with Gasteiger partial charge in [0.15, 0.2) is 0 Å². The zero-order valence-electron chi connectivity index (χ0n) is 20.4. The molecule has 0 aliphatic heterocycles. The second kappa shape index (κ2) is 11.8. The standard InChI is InChI=1S/C23H36O9/c1-11-23(12-28-8,13-31-19(26)21(4,5)15(2)17(24)29-9)14-32-20(27)22(6,7)16(3)18(25)30-10/h2-3,11-14H2,1,4-10H3. The summed E-state index contributed by atoms with van der Waals surface area (Å²) in [6.45, 7) is 14.9. The van der Waals surface area contributed by atoms with Gasteiger partial charge in [0.2, 0.25) is 0 Å². The third kappa shape index (κ3) is 6.91. The molecule has 0 aromatic heterocycles. The number of rotatable bonds is 13. The molecule has 0 N–H and O–H groups in total. The first-order chi connectivity index (χ1) is 14.7. The highest BCUT2D eigenvalue weighted by Gasteiger charge is 2.41. The van der Waals surface area contributed by atoms with Crippen molar-refractivity contribution in [3.63, 3.8) is 0 Å². The van der Waals surface area contributed by atoms with Gasteiger partial charge in [-0.2, -0.15) is 0 Å². The molecule has 32 heavy (non-hydrogen) atoms. The fourth-order valence-corrected chi connectivity index (χ4v) is 2.54. The highest BCUT2D eigenvalue weighted by molar-refractivity contribution is 5.97. The van der Waals surface area contributed by atoms with Crippen LogP contribution in [0.1, 0.15) is 41.0 Å². The van der Waals surface area contributed by atoms with Gasteiger partial charge >= 0.3 is 23.9 Å². The highest BCUT2D eigenvalue weighted by Crippen LogP contribution is 2.32. The Morgan fingerprint density at radius 3 is 1.28 bits per heavy atom. The Morgan fingerprint density at radius 1 is 0.688 bits per heavy atom. The van der Waals surface area contributed by atoms with E-state index in [0.29, 0.717) is 6.42 Å². The van der Waals surface area contributed by atoms with Crippen LogP contribution in [0.2, 0.25) is 0 Å². The molecular formula is C23H36O9. The highest BCUT2D eigenvalue weighted by atomic mass is 16.6. The lowest BCUT2D eigenvalue weighted by molar-refractivity contribution is -0.167. The maximum atomic E-state index is 12.7. The van der Waals surface area contributed by atoms with Crippen LogP contribution in [-0.4, -0.2) is 65.0 Å². The van der Waals surface area contributed by atoms with Crippen LogP contribution >= 0.6 is 0 Å². The van der Waals surface area contributed by atoms with Crippen molar-refractivity contribution < 1.29 is 42.9 Å². The first kappa shape index (κ1) is 29.3. The first-order valence-corrected chi connectivity index (χ1v) is 10.1. The normalized spacial score (nSPS) is 11.9. The van der Waals surface area contributed by atoms with E-state index in [2.05, 4.69) is 22.6 Å². The van der Waals surface area contributed by atoms with Crippen molar-refractivity contribution in [2.45, 2.75) is 41.0 Å². The van der Waals surface area contributed by atoms with Crippen LogP contribution in [0.25, 0.3) is 0 Å². The van der Waals surface area contributed by atoms with Gasteiger partial charge in [-0.3, -0.25) is 9.59 Å². The summed E-state index contributed by atoms with van der Waals surface area (Å²) in [5, 5.41) is 0. The molecule has 182 valence electrons. The molecule has 0 unspecified atom stereocenters. The molecule has 0 heterocycles. The summed E-state index contributed by atoms with van der Waals surface area (Å²) in [4.78, 5) is 48.9. The van der Waals surface area contributed by atoms with E-state index in [9.17, 15) is 19.2 Å². The maximum absolute atomic E-state index is 12.7. The third-order valence-electron chi connectivity index (χ3n) is 5.61. The zero-order valence-corrected chi connectivity index (χ0v) is 20.4. The topological polar surface area (TPSA) is 114 Å². The van der Waals surface area contributed by atoms with Crippen LogP contribution in [-0.2, 0) is 42.9 Å². The van der Waals surface area contributed by atoms with Gasteiger partial charge in [-0.1, -0.05) is 20.1 Å². The van der Waals surface area contributed by atoms with Crippen LogP contribution in [0.3, 0.4) is 0 Å². The first-order valence-electron chi connectivity index (χ1n) is 10.1. The molecule has 0 amide bonds. The average Bonchev–Trinajstić information content (AvgIpc) is 2.77. The van der Waals surface area contributed by atoms with E-state index in [-0.39, 0.29) is 31.0 Å². The van der Waals surface area contributed by atoms with Gasteiger partial charge in [0.25, 0.3) is 0 Å². The Morgan fingerprint density at radius 2 is 1.03 bits per heavy atom. The number of ether oxygens (including phenoxy) is 5. The molecule has 0 saturated heterocycles. The Hall–Kier alpha value is -2.68. The van der Waals surface area contributed by atoms with Crippen LogP contribution in [0.4, 0.5) is 0 Å². The number of methoxy groups -OCH3 is 3. The van der Waals surface area contributed by atoms with E-state index in [1.807, 2.05) is 6.92 Å². The van der Waals surface area contributed by atoms with Crippen molar-refractivity contribution in [1.29, 1.82) is 0 Å². The third-order valence-corrected chi connectivity index (χ3v) is 5.61. The molecule has 0 aliphatic rings. The lowest BCUT2D eigenvalue weighted by atomic mass is 9.84. The molecule has 0 bridgehead atoms. The van der Waals surface area contributed by atoms with E-state index >= 15 is 0 Å². The fourth-order valence-electron chi connectivity index (χ4n) is 2.54. The van der Waals surface area contributed by atoms with Gasteiger partial charge in [0.1, 0.15) is 13.2 Å². The summed E-state index contributed by atoms with van der Waals surface area (Å²) in [5.74, 6) is -2.81. The molecule has 0 atom stereocenters. The summed E-state index contributed by atoms with van der Waals surface area (Å²) < 4.78 is 25.5. The van der Waals surface area contributed by atoms with E-state index in [0.717, 1.165) is 0 Å². The maximum Gasteiger partial charge on any atom is 0.334 e.